The van der Waals surface area contributed by atoms with E-state index < -0.39 is 18.2 Å². The second-order valence-corrected chi connectivity index (χ2v) is 6.63. The van der Waals surface area contributed by atoms with Crippen LogP contribution in [0.2, 0.25) is 0 Å². The molecule has 7 heteroatoms. The normalized spacial score (nSPS) is 21.9. The van der Waals surface area contributed by atoms with Gasteiger partial charge < -0.3 is 9.47 Å². The van der Waals surface area contributed by atoms with Gasteiger partial charge in [0.25, 0.3) is 0 Å². The van der Waals surface area contributed by atoms with Gasteiger partial charge in [0.2, 0.25) is 0 Å². The molecule has 1 fully saturated rings. The summed E-state index contributed by atoms with van der Waals surface area (Å²) in [7, 11) is 0. The van der Waals surface area contributed by atoms with E-state index in [9.17, 15) is 22.0 Å². The number of alkyl halides is 5. The van der Waals surface area contributed by atoms with Gasteiger partial charge >= 0.3 is 12.5 Å². The molecule has 0 saturated heterocycles. The highest BCUT2D eigenvalue weighted by atomic mass is 19.4. The molecule has 1 aliphatic rings. The van der Waals surface area contributed by atoms with Gasteiger partial charge in [-0.1, -0.05) is 24.3 Å². The molecule has 1 saturated carbocycles. The molecule has 1 aromatic rings. The highest BCUT2D eigenvalue weighted by Gasteiger charge is 2.35. The smallest absolute Gasteiger partial charge is 0.406 e. The minimum absolute atomic E-state index is 0.0749. The number of benzene rings is 1. The summed E-state index contributed by atoms with van der Waals surface area (Å²) in [6.45, 7) is 1.59. The first kappa shape index (κ1) is 20.7. The summed E-state index contributed by atoms with van der Waals surface area (Å²) in [6, 6.07) is 4.71. The molecule has 26 heavy (non-hydrogen) atoms. The van der Waals surface area contributed by atoms with Crippen LogP contribution in [0.15, 0.2) is 36.4 Å². The van der Waals surface area contributed by atoms with Gasteiger partial charge in [0.1, 0.15) is 5.75 Å². The molecule has 0 amide bonds. The fraction of sp³-hybridized carbons (Fsp3) is 0.579. The zero-order chi connectivity index (χ0) is 19.2. The van der Waals surface area contributed by atoms with Crippen LogP contribution in [-0.4, -0.2) is 12.5 Å². The predicted octanol–water partition coefficient (Wildman–Crippen LogP) is 6.47. The van der Waals surface area contributed by atoms with Gasteiger partial charge in [-0.25, -0.2) is 0 Å². The zero-order valence-corrected chi connectivity index (χ0v) is 14.6. The quantitative estimate of drug-likeness (QED) is 0.400. The van der Waals surface area contributed by atoms with E-state index in [-0.39, 0.29) is 18.9 Å². The van der Waals surface area contributed by atoms with Gasteiger partial charge in [0, 0.05) is 6.42 Å². The van der Waals surface area contributed by atoms with Crippen LogP contribution in [0.25, 0.3) is 0 Å². The highest BCUT2D eigenvalue weighted by Crippen LogP contribution is 2.37. The summed E-state index contributed by atoms with van der Waals surface area (Å²) in [4.78, 5) is 0. The molecular formula is C19H23F5O2. The average molecular weight is 378 g/mol. The SMILES string of the molecule is C/C=C/[C@H]1CC[C@H](CC(F)(F)OCc2ccc(OC(F)(F)F)cc2)CC1. The first-order valence-electron chi connectivity index (χ1n) is 8.66. The molecule has 0 aliphatic heterocycles. The third kappa shape index (κ3) is 7.32. The highest BCUT2D eigenvalue weighted by molar-refractivity contribution is 5.27. The summed E-state index contributed by atoms with van der Waals surface area (Å²) >= 11 is 0. The standard InChI is InChI=1S/C19H23F5O2/c1-2-3-14-4-6-15(7-5-14)12-18(20,21)25-13-16-8-10-17(11-9-16)26-19(22,23)24/h2-3,8-11,14-15H,4-7,12-13H2,1H3/b3-2+/t14-,15-. The number of hydrogen-bond donors (Lipinski definition) is 0. The summed E-state index contributed by atoms with van der Waals surface area (Å²) < 4.78 is 72.8. The van der Waals surface area contributed by atoms with Gasteiger partial charge in [-0.15, -0.1) is 13.2 Å². The molecule has 0 unspecified atom stereocenters. The lowest BCUT2D eigenvalue weighted by molar-refractivity contribution is -0.274. The Labute approximate surface area is 150 Å². The molecule has 0 aromatic heterocycles. The molecule has 0 bridgehead atoms. The van der Waals surface area contributed by atoms with Crippen molar-refractivity contribution in [1.29, 1.82) is 0 Å². The predicted molar refractivity (Wildman–Crippen MR) is 87.7 cm³/mol. The summed E-state index contributed by atoms with van der Waals surface area (Å²) in [5.74, 6) is 0.00295. The Hall–Kier alpha value is -1.63. The van der Waals surface area contributed by atoms with E-state index in [1.54, 1.807) is 0 Å². The molecule has 0 spiro atoms. The van der Waals surface area contributed by atoms with Crippen molar-refractivity contribution in [3.63, 3.8) is 0 Å². The molecule has 0 heterocycles. The first-order chi connectivity index (χ1) is 12.2. The van der Waals surface area contributed by atoms with Crippen molar-refractivity contribution in [1.82, 2.24) is 0 Å². The van der Waals surface area contributed by atoms with Crippen LogP contribution in [-0.2, 0) is 11.3 Å². The van der Waals surface area contributed by atoms with E-state index >= 15 is 0 Å². The van der Waals surface area contributed by atoms with Crippen molar-refractivity contribution in [2.45, 2.75) is 58.1 Å². The molecule has 0 N–H and O–H groups in total. The fourth-order valence-electron chi connectivity index (χ4n) is 3.23. The fourth-order valence-corrected chi connectivity index (χ4v) is 3.23. The molecule has 2 rings (SSSR count). The van der Waals surface area contributed by atoms with Crippen LogP contribution < -0.4 is 4.74 Å². The van der Waals surface area contributed by atoms with Crippen LogP contribution in [0, 0.1) is 11.8 Å². The van der Waals surface area contributed by atoms with Crippen LogP contribution >= 0.6 is 0 Å². The molecule has 0 radical (unpaired) electrons. The van der Waals surface area contributed by atoms with E-state index in [2.05, 4.69) is 10.8 Å². The van der Waals surface area contributed by atoms with Crippen molar-refractivity contribution in [3.8, 4) is 5.75 Å². The minimum atomic E-state index is -4.78. The summed E-state index contributed by atoms with van der Waals surface area (Å²) in [6.07, 6.45) is -0.932. The Kier molecular flexibility index (Phi) is 7.03. The van der Waals surface area contributed by atoms with Gasteiger partial charge in [0.05, 0.1) is 6.61 Å². The zero-order valence-electron chi connectivity index (χ0n) is 14.6. The number of allylic oxidation sites excluding steroid dienone is 2. The van der Waals surface area contributed by atoms with Crippen LogP contribution in [0.3, 0.4) is 0 Å². The second-order valence-electron chi connectivity index (χ2n) is 6.63. The third-order valence-corrected chi connectivity index (χ3v) is 4.49. The Morgan fingerprint density at radius 1 is 1.00 bits per heavy atom. The van der Waals surface area contributed by atoms with Gasteiger partial charge in [-0.3, -0.25) is 0 Å². The van der Waals surface area contributed by atoms with Crippen molar-refractivity contribution in [2.75, 3.05) is 0 Å². The second kappa shape index (κ2) is 8.84. The van der Waals surface area contributed by atoms with Crippen LogP contribution in [0.5, 0.6) is 5.75 Å². The maximum atomic E-state index is 14.0. The number of hydrogen-bond acceptors (Lipinski definition) is 2. The average Bonchev–Trinajstić information content (AvgIpc) is 2.55. The Bertz CT molecular complexity index is 573. The minimum Gasteiger partial charge on any atom is -0.406 e. The molecular weight excluding hydrogens is 355 g/mol. The Morgan fingerprint density at radius 3 is 2.15 bits per heavy atom. The van der Waals surface area contributed by atoms with Gasteiger partial charge in [-0.05, 0) is 62.1 Å². The molecule has 1 aromatic carbocycles. The number of halogens is 5. The van der Waals surface area contributed by atoms with Gasteiger partial charge in [-0.2, -0.15) is 8.78 Å². The number of ether oxygens (including phenoxy) is 2. The summed E-state index contributed by atoms with van der Waals surface area (Å²) in [5, 5.41) is 0. The van der Waals surface area contributed by atoms with Crippen LogP contribution in [0.1, 0.15) is 44.6 Å². The topological polar surface area (TPSA) is 18.5 Å². The third-order valence-electron chi connectivity index (χ3n) is 4.49. The maximum Gasteiger partial charge on any atom is 0.573 e. The van der Waals surface area contributed by atoms with Crippen molar-refractivity contribution >= 4 is 0 Å². The largest absolute Gasteiger partial charge is 0.573 e. The van der Waals surface area contributed by atoms with E-state index in [0.717, 1.165) is 37.8 Å². The van der Waals surface area contributed by atoms with Crippen LogP contribution in [0.4, 0.5) is 22.0 Å². The number of rotatable bonds is 7. The van der Waals surface area contributed by atoms with Crippen molar-refractivity contribution in [2.24, 2.45) is 11.8 Å². The summed E-state index contributed by atoms with van der Waals surface area (Å²) in [5.41, 5.74) is 0.357. The monoisotopic (exact) mass is 378 g/mol. The van der Waals surface area contributed by atoms with E-state index in [1.165, 1.54) is 12.1 Å². The van der Waals surface area contributed by atoms with E-state index in [4.69, 9.17) is 4.74 Å². The van der Waals surface area contributed by atoms with Crippen molar-refractivity contribution in [3.05, 3.63) is 42.0 Å². The lowest BCUT2D eigenvalue weighted by Gasteiger charge is -2.29. The molecule has 146 valence electrons. The molecule has 2 nitrogen and oxygen atoms in total. The maximum absolute atomic E-state index is 14.0. The lowest BCUT2D eigenvalue weighted by Crippen LogP contribution is -2.26. The lowest BCUT2D eigenvalue weighted by atomic mass is 9.80. The molecule has 1 aliphatic carbocycles. The van der Waals surface area contributed by atoms with E-state index in [1.807, 2.05) is 13.0 Å². The first-order valence-corrected chi connectivity index (χ1v) is 8.66. The molecule has 0 atom stereocenters. The Morgan fingerprint density at radius 2 is 1.62 bits per heavy atom. The van der Waals surface area contributed by atoms with Crippen molar-refractivity contribution < 1.29 is 31.4 Å². The van der Waals surface area contributed by atoms with Gasteiger partial charge in [0.15, 0.2) is 0 Å². The van der Waals surface area contributed by atoms with E-state index in [0.29, 0.717) is 11.5 Å². The Balaban J connectivity index is 1.78.